The zero-order valence-corrected chi connectivity index (χ0v) is 10.9. The number of nitrogen functional groups attached to an aromatic ring is 1. The average molecular weight is 251 g/mol. The fourth-order valence-electron chi connectivity index (χ4n) is 2.61. The molecule has 0 spiro atoms. The lowest BCUT2D eigenvalue weighted by atomic mass is 10.2. The van der Waals surface area contributed by atoms with E-state index < -0.39 is 0 Å². The summed E-state index contributed by atoms with van der Waals surface area (Å²) in [5.41, 5.74) is 7.76. The van der Waals surface area contributed by atoms with E-state index in [0.717, 1.165) is 31.9 Å². The lowest BCUT2D eigenvalue weighted by Crippen LogP contribution is -2.45. The molecule has 17 heavy (non-hydrogen) atoms. The van der Waals surface area contributed by atoms with Crippen molar-refractivity contribution in [2.45, 2.75) is 12.1 Å². The molecule has 92 valence electrons. The molecule has 0 bridgehead atoms. The topological polar surface area (TPSA) is 41.7 Å². The summed E-state index contributed by atoms with van der Waals surface area (Å²) in [5.74, 6) is 0. The van der Waals surface area contributed by atoms with Crippen LogP contribution in [0.5, 0.6) is 0 Å². The van der Waals surface area contributed by atoms with Crippen molar-refractivity contribution in [3.8, 4) is 0 Å². The molecule has 2 fully saturated rings. The minimum Gasteiger partial charge on any atom is -0.399 e. The van der Waals surface area contributed by atoms with E-state index in [1.807, 2.05) is 12.1 Å². The van der Waals surface area contributed by atoms with Gasteiger partial charge in [0.15, 0.2) is 0 Å². The predicted molar refractivity (Wildman–Crippen MR) is 73.0 cm³/mol. The summed E-state index contributed by atoms with van der Waals surface area (Å²) in [5, 5.41) is 0. The first-order valence-electron chi connectivity index (χ1n) is 5.97. The Bertz CT molecular complexity index is 397. The van der Waals surface area contributed by atoms with Crippen LogP contribution in [0, 0.1) is 0 Å². The average Bonchev–Trinajstić information content (AvgIpc) is 2.75. The third kappa shape index (κ3) is 2.13. The normalized spacial score (nSPS) is 29.4. The monoisotopic (exact) mass is 251 g/mol. The van der Waals surface area contributed by atoms with Gasteiger partial charge in [-0.1, -0.05) is 9.39 Å². The molecule has 0 saturated carbocycles. The molecule has 2 N–H and O–H groups in total. The Balaban J connectivity index is 1.76. The van der Waals surface area contributed by atoms with Crippen LogP contribution in [0.25, 0.3) is 0 Å². The van der Waals surface area contributed by atoms with Gasteiger partial charge in [0.05, 0.1) is 18.8 Å². The molecule has 4 nitrogen and oxygen atoms in total. The second-order valence-corrected chi connectivity index (χ2v) is 5.37. The highest BCUT2D eigenvalue weighted by Crippen LogP contribution is 2.29. The maximum absolute atomic E-state index is 5.83. The number of ether oxygens (including phenoxy) is 1. The number of hydrogen-bond acceptors (Lipinski definition) is 4. The molecular weight excluding hydrogens is 233 g/mol. The summed E-state index contributed by atoms with van der Waals surface area (Å²) in [4.78, 5) is 2.37. The Hall–Kier alpha value is -0.830. The molecule has 0 aromatic heterocycles. The summed E-state index contributed by atoms with van der Waals surface area (Å²) < 4.78 is 8.15. The van der Waals surface area contributed by atoms with E-state index in [1.54, 1.807) is 0 Å². The molecule has 3 atom stereocenters. The number of anilines is 2. The SMILES string of the molecule is Nc1ccc(N2CC3OCCN(P)C3C2)cc1. The van der Waals surface area contributed by atoms with E-state index in [2.05, 4.69) is 31.1 Å². The zero-order chi connectivity index (χ0) is 11.8. The lowest BCUT2D eigenvalue weighted by Gasteiger charge is -2.33. The largest absolute Gasteiger partial charge is 0.399 e. The van der Waals surface area contributed by atoms with Gasteiger partial charge < -0.3 is 15.4 Å². The minimum atomic E-state index is 0.332. The summed E-state index contributed by atoms with van der Waals surface area (Å²) in [7, 11) is 2.82. The van der Waals surface area contributed by atoms with E-state index in [1.165, 1.54) is 5.69 Å². The number of morpholine rings is 1. The molecule has 0 amide bonds. The van der Waals surface area contributed by atoms with E-state index in [4.69, 9.17) is 10.5 Å². The lowest BCUT2D eigenvalue weighted by molar-refractivity contribution is -0.0115. The third-order valence-corrected chi connectivity index (χ3v) is 4.24. The number of fused-ring (bicyclic) bond motifs is 1. The maximum Gasteiger partial charge on any atom is 0.0925 e. The first-order valence-corrected chi connectivity index (χ1v) is 6.49. The molecule has 0 radical (unpaired) electrons. The van der Waals surface area contributed by atoms with Gasteiger partial charge in [0.2, 0.25) is 0 Å². The number of benzene rings is 1. The minimum absolute atomic E-state index is 0.332. The van der Waals surface area contributed by atoms with Crippen LogP contribution in [0.3, 0.4) is 0 Å². The van der Waals surface area contributed by atoms with Crippen molar-refractivity contribution in [3.05, 3.63) is 24.3 Å². The van der Waals surface area contributed by atoms with Gasteiger partial charge in [-0.25, -0.2) is 0 Å². The second-order valence-electron chi connectivity index (χ2n) is 4.71. The molecule has 3 rings (SSSR count). The molecule has 2 aliphatic rings. The molecule has 3 unspecified atom stereocenters. The van der Waals surface area contributed by atoms with Crippen LogP contribution in [0.4, 0.5) is 11.4 Å². The summed E-state index contributed by atoms with van der Waals surface area (Å²) in [6, 6.07) is 8.57. The molecule has 5 heteroatoms. The Morgan fingerprint density at radius 2 is 2.00 bits per heavy atom. The van der Waals surface area contributed by atoms with Gasteiger partial charge in [-0.15, -0.1) is 0 Å². The van der Waals surface area contributed by atoms with Crippen LogP contribution in [0.1, 0.15) is 0 Å². The Kier molecular flexibility index (Phi) is 2.95. The van der Waals surface area contributed by atoms with Crippen LogP contribution < -0.4 is 10.6 Å². The summed E-state index contributed by atoms with van der Waals surface area (Å²) >= 11 is 0. The summed E-state index contributed by atoms with van der Waals surface area (Å²) in [6.45, 7) is 3.83. The van der Waals surface area contributed by atoms with E-state index >= 15 is 0 Å². The quantitative estimate of drug-likeness (QED) is 0.596. The maximum atomic E-state index is 5.83. The molecule has 2 heterocycles. The van der Waals surface area contributed by atoms with Gasteiger partial charge >= 0.3 is 0 Å². The fraction of sp³-hybridized carbons (Fsp3) is 0.500. The van der Waals surface area contributed by atoms with Crippen LogP contribution in [0.2, 0.25) is 0 Å². The van der Waals surface area contributed by atoms with Crippen LogP contribution in [0.15, 0.2) is 24.3 Å². The van der Waals surface area contributed by atoms with Gasteiger partial charge in [0.25, 0.3) is 0 Å². The highest BCUT2D eigenvalue weighted by atomic mass is 31.0. The van der Waals surface area contributed by atoms with E-state index in [-0.39, 0.29) is 0 Å². The van der Waals surface area contributed by atoms with Gasteiger partial charge in [-0.2, -0.15) is 0 Å². The molecule has 2 aliphatic heterocycles. The van der Waals surface area contributed by atoms with Crippen molar-refractivity contribution in [2.24, 2.45) is 0 Å². The predicted octanol–water partition coefficient (Wildman–Crippen LogP) is 0.948. The number of nitrogens with two attached hydrogens (primary N) is 1. The van der Waals surface area contributed by atoms with Crippen molar-refractivity contribution in [2.75, 3.05) is 36.9 Å². The van der Waals surface area contributed by atoms with Gasteiger partial charge in [0.1, 0.15) is 0 Å². The van der Waals surface area contributed by atoms with Gasteiger partial charge in [0, 0.05) is 31.0 Å². The molecule has 2 saturated heterocycles. The first kappa shape index (κ1) is 11.3. The number of nitrogens with zero attached hydrogens (tertiary/aromatic N) is 2. The van der Waals surface area contributed by atoms with Crippen LogP contribution in [-0.2, 0) is 4.74 Å². The fourth-order valence-corrected chi connectivity index (χ4v) is 3.00. The molecule has 1 aromatic rings. The third-order valence-electron chi connectivity index (χ3n) is 3.60. The highest BCUT2D eigenvalue weighted by Gasteiger charge is 2.38. The van der Waals surface area contributed by atoms with Crippen molar-refractivity contribution < 1.29 is 4.74 Å². The van der Waals surface area contributed by atoms with Gasteiger partial charge in [-0.05, 0) is 24.3 Å². The van der Waals surface area contributed by atoms with Crippen molar-refractivity contribution in [1.82, 2.24) is 4.67 Å². The van der Waals surface area contributed by atoms with Crippen molar-refractivity contribution >= 4 is 20.8 Å². The molecule has 1 aromatic carbocycles. The van der Waals surface area contributed by atoms with Crippen molar-refractivity contribution in [3.63, 3.8) is 0 Å². The number of hydrogen-bond donors (Lipinski definition) is 1. The zero-order valence-electron chi connectivity index (χ0n) is 9.75. The van der Waals surface area contributed by atoms with Gasteiger partial charge in [-0.3, -0.25) is 4.67 Å². The smallest absolute Gasteiger partial charge is 0.0925 e. The Labute approximate surface area is 104 Å². The Morgan fingerprint density at radius 3 is 2.71 bits per heavy atom. The molecular formula is C12H18N3OP. The van der Waals surface area contributed by atoms with Crippen LogP contribution >= 0.6 is 9.39 Å². The molecule has 0 aliphatic carbocycles. The van der Waals surface area contributed by atoms with E-state index in [0.29, 0.717) is 12.1 Å². The van der Waals surface area contributed by atoms with Crippen molar-refractivity contribution in [1.29, 1.82) is 0 Å². The van der Waals surface area contributed by atoms with Crippen LogP contribution in [-0.4, -0.2) is 43.1 Å². The number of rotatable bonds is 1. The van der Waals surface area contributed by atoms with E-state index in [9.17, 15) is 0 Å². The highest BCUT2D eigenvalue weighted by molar-refractivity contribution is 7.13. The first-order chi connectivity index (χ1) is 8.24. The Morgan fingerprint density at radius 1 is 1.24 bits per heavy atom. The summed E-state index contributed by atoms with van der Waals surface area (Å²) in [6.07, 6.45) is 0.332. The second kappa shape index (κ2) is 4.45. The standard InChI is InChI=1S/C12H18N3OP/c13-9-1-3-10(4-2-9)14-7-11-12(8-14)16-6-5-15(11)17/h1-4,11-12H,5-8,13,17H2.